The molecule has 2 aromatic rings. The molecule has 0 saturated heterocycles. The van der Waals surface area contributed by atoms with E-state index in [2.05, 4.69) is 0 Å². The topological polar surface area (TPSA) is 57.5 Å². The van der Waals surface area contributed by atoms with Crippen LogP contribution in [0.2, 0.25) is 0 Å². The van der Waals surface area contributed by atoms with Gasteiger partial charge in [-0.05, 0) is 36.4 Å². The molecule has 4 heteroatoms. The van der Waals surface area contributed by atoms with Crippen LogP contribution in [0.25, 0.3) is 0 Å². The number of rotatable bonds is 2. The molecule has 0 spiro atoms. The second kappa shape index (κ2) is 6.11. The quantitative estimate of drug-likeness (QED) is 0.804. The summed E-state index contributed by atoms with van der Waals surface area (Å²) in [6, 6.07) is 12.3. The second-order valence-electron chi connectivity index (χ2n) is 3.39. The zero-order chi connectivity index (χ0) is 11.5. The SMILES string of the molecule is O=C(c1ccc(O)cc1)c1ccccc1O.[Sm]. The summed E-state index contributed by atoms with van der Waals surface area (Å²) in [5.41, 5.74) is 0.687. The Balaban J connectivity index is 0.00000144. The van der Waals surface area contributed by atoms with Gasteiger partial charge in [-0.2, -0.15) is 0 Å². The van der Waals surface area contributed by atoms with E-state index in [1.165, 1.54) is 30.3 Å². The molecule has 2 rings (SSSR count). The summed E-state index contributed by atoms with van der Waals surface area (Å²) in [6.07, 6.45) is 0. The Hall–Kier alpha value is -0.952. The molecule has 2 N–H and O–H groups in total. The molecular formula is C13H10O3Sm. The molecular weight excluding hydrogens is 354 g/mol. The van der Waals surface area contributed by atoms with Crippen molar-refractivity contribution in [3.8, 4) is 11.5 Å². The number of phenolic OH excluding ortho intramolecular Hbond substituents is 2. The molecule has 0 aromatic heterocycles. The van der Waals surface area contributed by atoms with Gasteiger partial charge in [-0.25, -0.2) is 0 Å². The van der Waals surface area contributed by atoms with E-state index in [-0.39, 0.29) is 63.2 Å². The molecule has 0 radical (unpaired) electrons. The van der Waals surface area contributed by atoms with Crippen LogP contribution < -0.4 is 0 Å². The van der Waals surface area contributed by atoms with Crippen LogP contribution in [0.3, 0.4) is 0 Å². The van der Waals surface area contributed by atoms with Gasteiger partial charge in [-0.15, -0.1) is 0 Å². The molecule has 0 fully saturated rings. The van der Waals surface area contributed by atoms with Crippen LogP contribution in [-0.4, -0.2) is 16.0 Å². The van der Waals surface area contributed by atoms with E-state index in [1.54, 1.807) is 18.2 Å². The molecule has 0 aliphatic rings. The Kier molecular flexibility index (Phi) is 5.07. The van der Waals surface area contributed by atoms with Crippen LogP contribution in [0.1, 0.15) is 15.9 Å². The number of carbonyl (C=O) groups is 1. The van der Waals surface area contributed by atoms with Gasteiger partial charge < -0.3 is 10.2 Å². The van der Waals surface area contributed by atoms with Crippen molar-refractivity contribution in [3.63, 3.8) is 0 Å². The van der Waals surface area contributed by atoms with Crippen LogP contribution in [-0.2, 0) is 0 Å². The molecule has 0 aliphatic heterocycles. The Labute approximate surface area is 131 Å². The molecule has 0 heterocycles. The summed E-state index contributed by atoms with van der Waals surface area (Å²) in [7, 11) is 0. The first-order valence-electron chi connectivity index (χ1n) is 4.80. The molecule has 0 unspecified atom stereocenters. The van der Waals surface area contributed by atoms with Gasteiger partial charge in [0, 0.05) is 46.0 Å². The standard InChI is InChI=1S/C13H10O3.Sm/c14-10-7-5-9(6-8-10)13(16)11-3-1-2-4-12(11)15;/h1-8,14-15H;. The smallest absolute Gasteiger partial charge is 0.196 e. The molecule has 0 saturated carbocycles. The van der Waals surface area contributed by atoms with Crippen molar-refractivity contribution in [1.82, 2.24) is 0 Å². The van der Waals surface area contributed by atoms with Gasteiger partial charge in [0.1, 0.15) is 11.5 Å². The third-order valence-corrected chi connectivity index (χ3v) is 2.28. The average Bonchev–Trinajstić information content (AvgIpc) is 2.30. The predicted molar refractivity (Wildman–Crippen MR) is 59.6 cm³/mol. The van der Waals surface area contributed by atoms with Crippen molar-refractivity contribution >= 4 is 5.78 Å². The molecule has 3 nitrogen and oxygen atoms in total. The Morgan fingerprint density at radius 2 is 1.47 bits per heavy atom. The van der Waals surface area contributed by atoms with Crippen LogP contribution in [0.4, 0.5) is 0 Å². The van der Waals surface area contributed by atoms with Crippen LogP contribution in [0.15, 0.2) is 48.5 Å². The first-order valence-corrected chi connectivity index (χ1v) is 4.80. The van der Waals surface area contributed by atoms with Crippen molar-refractivity contribution < 1.29 is 55.4 Å². The summed E-state index contributed by atoms with van der Waals surface area (Å²) in [5.74, 6) is -0.201. The van der Waals surface area contributed by atoms with E-state index < -0.39 is 0 Å². The zero-order valence-corrected chi connectivity index (χ0v) is 11.4. The van der Waals surface area contributed by atoms with E-state index >= 15 is 0 Å². The Morgan fingerprint density at radius 1 is 0.882 bits per heavy atom. The summed E-state index contributed by atoms with van der Waals surface area (Å²) in [6.45, 7) is 0. The van der Waals surface area contributed by atoms with Gasteiger partial charge in [0.15, 0.2) is 5.78 Å². The van der Waals surface area contributed by atoms with Crippen molar-refractivity contribution in [2.75, 3.05) is 0 Å². The minimum atomic E-state index is -0.266. The normalized spacial score (nSPS) is 9.41. The summed E-state index contributed by atoms with van der Waals surface area (Å²) in [5, 5.41) is 18.6. The average molecular weight is 365 g/mol. The Morgan fingerprint density at radius 3 is 2.06 bits per heavy atom. The van der Waals surface area contributed by atoms with Crippen molar-refractivity contribution in [2.24, 2.45) is 0 Å². The maximum absolute atomic E-state index is 11.9. The van der Waals surface area contributed by atoms with Crippen LogP contribution in [0, 0.1) is 40.4 Å². The molecule has 2 aromatic carbocycles. The maximum atomic E-state index is 11.9. The monoisotopic (exact) mass is 366 g/mol. The van der Waals surface area contributed by atoms with Crippen molar-refractivity contribution in [1.29, 1.82) is 0 Å². The predicted octanol–water partition coefficient (Wildman–Crippen LogP) is 2.33. The van der Waals surface area contributed by atoms with Gasteiger partial charge in [-0.3, -0.25) is 4.79 Å². The summed E-state index contributed by atoms with van der Waals surface area (Å²) >= 11 is 0. The number of phenols is 2. The number of carbonyl (C=O) groups excluding carboxylic acids is 1. The first kappa shape index (κ1) is 14.1. The number of benzene rings is 2. The van der Waals surface area contributed by atoms with Crippen LogP contribution >= 0.6 is 0 Å². The molecule has 0 bridgehead atoms. The van der Waals surface area contributed by atoms with E-state index in [1.807, 2.05) is 0 Å². The first-order chi connectivity index (χ1) is 7.68. The largest absolute Gasteiger partial charge is 0.508 e. The third kappa shape index (κ3) is 3.26. The van der Waals surface area contributed by atoms with E-state index in [0.29, 0.717) is 5.56 Å². The molecule has 17 heavy (non-hydrogen) atoms. The van der Waals surface area contributed by atoms with Gasteiger partial charge in [0.05, 0.1) is 5.56 Å². The summed E-state index contributed by atoms with van der Waals surface area (Å²) in [4.78, 5) is 11.9. The second-order valence-corrected chi connectivity index (χ2v) is 3.39. The Bertz CT molecular complexity index is 520. The van der Waals surface area contributed by atoms with Gasteiger partial charge in [-0.1, -0.05) is 12.1 Å². The van der Waals surface area contributed by atoms with E-state index in [4.69, 9.17) is 5.11 Å². The van der Waals surface area contributed by atoms with Crippen LogP contribution in [0.5, 0.6) is 11.5 Å². The molecule has 0 aliphatic carbocycles. The van der Waals surface area contributed by atoms with E-state index in [0.717, 1.165) is 0 Å². The zero-order valence-electron chi connectivity index (χ0n) is 8.83. The summed E-state index contributed by atoms with van der Waals surface area (Å²) < 4.78 is 0. The third-order valence-electron chi connectivity index (χ3n) is 2.28. The van der Waals surface area contributed by atoms with Gasteiger partial charge in [0.25, 0.3) is 0 Å². The van der Waals surface area contributed by atoms with Gasteiger partial charge >= 0.3 is 0 Å². The molecule has 0 amide bonds. The molecule has 86 valence electrons. The molecule has 0 atom stereocenters. The number of hydrogen-bond donors (Lipinski definition) is 2. The van der Waals surface area contributed by atoms with Crippen molar-refractivity contribution in [2.45, 2.75) is 0 Å². The minimum Gasteiger partial charge on any atom is -0.508 e. The fourth-order valence-electron chi connectivity index (χ4n) is 1.43. The number of ketones is 1. The fourth-order valence-corrected chi connectivity index (χ4v) is 1.43. The minimum absolute atomic E-state index is 0. The maximum Gasteiger partial charge on any atom is 0.196 e. The van der Waals surface area contributed by atoms with Gasteiger partial charge in [0.2, 0.25) is 0 Å². The number of aromatic hydroxyl groups is 2. The van der Waals surface area contributed by atoms with Crippen molar-refractivity contribution in [3.05, 3.63) is 59.7 Å². The number of hydrogen-bond acceptors (Lipinski definition) is 3. The fraction of sp³-hybridized carbons (Fsp3) is 0. The number of para-hydroxylation sites is 1. The van der Waals surface area contributed by atoms with E-state index in [9.17, 15) is 9.90 Å².